The maximum Gasteiger partial charge on any atom is 0.310 e. The quantitative estimate of drug-likeness (QED) is 0.592. The van der Waals surface area contributed by atoms with E-state index in [1.54, 1.807) is 0 Å². The van der Waals surface area contributed by atoms with E-state index >= 15 is 0 Å². The fourth-order valence-electron chi connectivity index (χ4n) is 2.59. The number of benzene rings is 1. The molecule has 2 rings (SSSR count). The molecule has 1 atom stereocenters. The minimum Gasteiger partial charge on any atom is -0.466 e. The Morgan fingerprint density at radius 1 is 1.36 bits per heavy atom. The van der Waals surface area contributed by atoms with E-state index < -0.39 is 0 Å². The van der Waals surface area contributed by atoms with Crippen molar-refractivity contribution in [2.24, 2.45) is 5.92 Å². The number of carbonyl (C=O) groups is 2. The predicted molar refractivity (Wildman–Crippen MR) is 93.6 cm³/mol. The van der Waals surface area contributed by atoms with Gasteiger partial charge in [0.2, 0.25) is 5.91 Å². The first kappa shape index (κ1) is 17.2. The number of hydrogen-bond donors (Lipinski definition) is 1. The molecule has 0 saturated carbocycles. The number of ether oxygens (including phenoxy) is 1. The van der Waals surface area contributed by atoms with Crippen molar-refractivity contribution in [3.05, 3.63) is 27.8 Å². The average molecular weight is 416 g/mol. The number of nitrogens with zero attached hydrogens (tertiary/aromatic N) is 1. The van der Waals surface area contributed by atoms with Crippen LogP contribution in [0, 0.1) is 9.49 Å². The molecule has 0 bridgehead atoms. The first-order chi connectivity index (χ1) is 10.6. The molecule has 1 heterocycles. The Hall–Kier alpha value is -1.15. The number of amides is 1. The molecule has 0 aromatic heterocycles. The van der Waals surface area contributed by atoms with Gasteiger partial charge in [-0.05, 0) is 73.2 Å². The lowest BCUT2D eigenvalue weighted by Gasteiger charge is -2.30. The van der Waals surface area contributed by atoms with Crippen LogP contribution in [0.5, 0.6) is 0 Å². The van der Waals surface area contributed by atoms with Gasteiger partial charge in [0.15, 0.2) is 0 Å². The van der Waals surface area contributed by atoms with E-state index in [-0.39, 0.29) is 17.8 Å². The summed E-state index contributed by atoms with van der Waals surface area (Å²) < 4.78 is 6.20. The second-order valence-corrected chi connectivity index (χ2v) is 6.63. The second kappa shape index (κ2) is 8.47. The smallest absolute Gasteiger partial charge is 0.310 e. The van der Waals surface area contributed by atoms with Gasteiger partial charge in [-0.1, -0.05) is 0 Å². The van der Waals surface area contributed by atoms with Gasteiger partial charge in [0.1, 0.15) is 0 Å². The molecule has 120 valence electrons. The summed E-state index contributed by atoms with van der Waals surface area (Å²) in [5.74, 6) is -0.309. The van der Waals surface area contributed by atoms with Crippen molar-refractivity contribution in [1.29, 1.82) is 0 Å². The van der Waals surface area contributed by atoms with Crippen molar-refractivity contribution in [3.63, 3.8) is 0 Å². The van der Waals surface area contributed by atoms with Crippen LogP contribution in [0.2, 0.25) is 0 Å². The van der Waals surface area contributed by atoms with Crippen molar-refractivity contribution in [3.8, 4) is 0 Å². The largest absolute Gasteiger partial charge is 0.466 e. The molecule has 1 aliphatic rings. The lowest BCUT2D eigenvalue weighted by Crippen LogP contribution is -2.43. The van der Waals surface area contributed by atoms with Crippen molar-refractivity contribution in [2.75, 3.05) is 31.6 Å². The Labute approximate surface area is 144 Å². The van der Waals surface area contributed by atoms with Gasteiger partial charge < -0.3 is 10.1 Å². The van der Waals surface area contributed by atoms with E-state index in [9.17, 15) is 9.59 Å². The number of esters is 1. The molecule has 0 aliphatic carbocycles. The van der Waals surface area contributed by atoms with Gasteiger partial charge in [-0.25, -0.2) is 0 Å². The average Bonchev–Trinajstić information content (AvgIpc) is 2.50. The lowest BCUT2D eigenvalue weighted by molar-refractivity contribution is -0.150. The molecule has 1 fully saturated rings. The standard InChI is InChI=1S/C16H21IN2O3/c1-2-22-16(21)12-4-3-9-19(10-12)11-15(20)18-14-7-5-13(17)6-8-14/h5-8,12H,2-4,9-11H2,1H3,(H,18,20)/t12-/m0/s1. The van der Waals surface area contributed by atoms with Crippen LogP contribution >= 0.6 is 22.6 Å². The summed E-state index contributed by atoms with van der Waals surface area (Å²) in [6.07, 6.45) is 1.76. The van der Waals surface area contributed by atoms with Gasteiger partial charge in [-0.2, -0.15) is 0 Å². The van der Waals surface area contributed by atoms with Crippen molar-refractivity contribution >= 4 is 40.2 Å². The first-order valence-corrected chi connectivity index (χ1v) is 8.60. The predicted octanol–water partition coefficient (Wildman–Crippen LogP) is 2.50. The number of piperidine rings is 1. The SMILES string of the molecule is CCOC(=O)[C@H]1CCCN(CC(=O)Nc2ccc(I)cc2)C1. The summed E-state index contributed by atoms with van der Waals surface area (Å²) in [4.78, 5) is 25.9. The molecule has 1 aromatic carbocycles. The molecule has 1 amide bonds. The van der Waals surface area contributed by atoms with Gasteiger partial charge in [0.25, 0.3) is 0 Å². The number of carbonyl (C=O) groups excluding carboxylic acids is 2. The third-order valence-corrected chi connectivity index (χ3v) is 4.34. The number of likely N-dealkylation sites (tertiary alicyclic amines) is 1. The molecule has 1 N–H and O–H groups in total. The fourth-order valence-corrected chi connectivity index (χ4v) is 2.95. The fraction of sp³-hybridized carbons (Fsp3) is 0.500. The maximum absolute atomic E-state index is 12.1. The summed E-state index contributed by atoms with van der Waals surface area (Å²) in [5.41, 5.74) is 0.796. The van der Waals surface area contributed by atoms with Crippen LogP contribution in [0.15, 0.2) is 24.3 Å². The van der Waals surface area contributed by atoms with E-state index in [0.29, 0.717) is 19.7 Å². The Morgan fingerprint density at radius 2 is 2.09 bits per heavy atom. The second-order valence-electron chi connectivity index (χ2n) is 5.38. The van der Waals surface area contributed by atoms with Crippen LogP contribution in [-0.4, -0.2) is 43.0 Å². The number of hydrogen-bond acceptors (Lipinski definition) is 4. The van der Waals surface area contributed by atoms with Crippen LogP contribution in [0.1, 0.15) is 19.8 Å². The molecule has 6 heteroatoms. The highest BCUT2D eigenvalue weighted by molar-refractivity contribution is 14.1. The summed E-state index contributed by atoms with van der Waals surface area (Å²) in [5, 5.41) is 2.89. The normalized spacial score (nSPS) is 18.7. The van der Waals surface area contributed by atoms with E-state index in [0.717, 1.165) is 28.6 Å². The van der Waals surface area contributed by atoms with Crippen molar-refractivity contribution < 1.29 is 14.3 Å². The lowest BCUT2D eigenvalue weighted by atomic mass is 9.98. The summed E-state index contributed by atoms with van der Waals surface area (Å²) in [6.45, 7) is 3.96. The Balaban J connectivity index is 1.83. The zero-order valence-corrected chi connectivity index (χ0v) is 14.8. The molecule has 5 nitrogen and oxygen atoms in total. The number of anilines is 1. The van der Waals surface area contributed by atoms with Crippen molar-refractivity contribution in [1.82, 2.24) is 4.90 Å². The topological polar surface area (TPSA) is 58.6 Å². The first-order valence-electron chi connectivity index (χ1n) is 7.53. The van der Waals surface area contributed by atoms with Crippen LogP contribution in [0.25, 0.3) is 0 Å². The summed E-state index contributed by atoms with van der Waals surface area (Å²) >= 11 is 2.22. The molecule has 22 heavy (non-hydrogen) atoms. The van der Waals surface area contributed by atoms with Crippen LogP contribution in [-0.2, 0) is 14.3 Å². The zero-order chi connectivity index (χ0) is 15.9. The molecule has 1 saturated heterocycles. The molecular formula is C16H21IN2O3. The Bertz CT molecular complexity index is 519. The van der Waals surface area contributed by atoms with E-state index in [1.165, 1.54) is 0 Å². The minimum atomic E-state index is -0.148. The van der Waals surface area contributed by atoms with Gasteiger partial charge in [-0.3, -0.25) is 14.5 Å². The third kappa shape index (κ3) is 5.24. The molecule has 0 unspecified atom stereocenters. The highest BCUT2D eigenvalue weighted by atomic mass is 127. The summed E-state index contributed by atoms with van der Waals surface area (Å²) in [6, 6.07) is 7.68. The van der Waals surface area contributed by atoms with Crippen LogP contribution in [0.3, 0.4) is 0 Å². The summed E-state index contributed by atoms with van der Waals surface area (Å²) in [7, 11) is 0. The van der Waals surface area contributed by atoms with Crippen molar-refractivity contribution in [2.45, 2.75) is 19.8 Å². The minimum absolute atomic E-state index is 0.0503. The molecule has 0 radical (unpaired) electrons. The third-order valence-electron chi connectivity index (χ3n) is 3.62. The Morgan fingerprint density at radius 3 is 2.77 bits per heavy atom. The highest BCUT2D eigenvalue weighted by Crippen LogP contribution is 2.18. The van der Waals surface area contributed by atoms with Gasteiger partial charge >= 0.3 is 5.97 Å². The monoisotopic (exact) mass is 416 g/mol. The van der Waals surface area contributed by atoms with Gasteiger partial charge in [-0.15, -0.1) is 0 Å². The maximum atomic E-state index is 12.1. The van der Waals surface area contributed by atoms with E-state index in [2.05, 4.69) is 27.9 Å². The van der Waals surface area contributed by atoms with E-state index in [4.69, 9.17) is 4.74 Å². The molecular weight excluding hydrogens is 395 g/mol. The number of halogens is 1. The van der Waals surface area contributed by atoms with E-state index in [1.807, 2.05) is 36.1 Å². The van der Waals surface area contributed by atoms with Gasteiger partial charge in [0, 0.05) is 15.8 Å². The number of nitrogens with one attached hydrogen (secondary N) is 1. The molecule has 1 aromatic rings. The Kier molecular flexibility index (Phi) is 6.63. The van der Waals surface area contributed by atoms with Gasteiger partial charge in [0.05, 0.1) is 19.1 Å². The molecule has 1 aliphatic heterocycles. The zero-order valence-electron chi connectivity index (χ0n) is 12.7. The van der Waals surface area contributed by atoms with Crippen LogP contribution in [0.4, 0.5) is 5.69 Å². The molecule has 0 spiro atoms. The van der Waals surface area contributed by atoms with Crippen LogP contribution < -0.4 is 5.32 Å². The number of rotatable bonds is 5. The highest BCUT2D eigenvalue weighted by Gasteiger charge is 2.27.